The molecule has 1 amide bonds. The van der Waals surface area contributed by atoms with E-state index in [0.29, 0.717) is 18.2 Å². The van der Waals surface area contributed by atoms with Gasteiger partial charge in [0.15, 0.2) is 0 Å². The number of carbonyl (C=O) groups is 1. The van der Waals surface area contributed by atoms with E-state index in [-0.39, 0.29) is 0 Å². The lowest BCUT2D eigenvalue weighted by molar-refractivity contribution is -0.131. The van der Waals surface area contributed by atoms with Crippen molar-refractivity contribution in [2.24, 2.45) is 5.92 Å². The largest absolute Gasteiger partial charge is 0.353 e. The van der Waals surface area contributed by atoms with Gasteiger partial charge in [-0.05, 0) is 63.3 Å². The van der Waals surface area contributed by atoms with Crippen molar-refractivity contribution >= 4 is 11.7 Å². The van der Waals surface area contributed by atoms with E-state index in [1.54, 1.807) is 0 Å². The van der Waals surface area contributed by atoms with Gasteiger partial charge in [-0.25, -0.2) is 4.98 Å². The van der Waals surface area contributed by atoms with E-state index in [9.17, 15) is 4.79 Å². The van der Waals surface area contributed by atoms with Crippen LogP contribution in [0.4, 0.5) is 5.82 Å². The second-order valence-electron chi connectivity index (χ2n) is 9.33. The Morgan fingerprint density at radius 2 is 1.81 bits per heavy atom. The molecule has 5 heteroatoms. The fraction of sp³-hybridized carbons (Fsp3) is 0.538. The number of nitrogens with zero attached hydrogens (tertiary/aromatic N) is 4. The lowest BCUT2D eigenvalue weighted by Crippen LogP contribution is -2.49. The highest BCUT2D eigenvalue weighted by Crippen LogP contribution is 2.24. The number of carbonyl (C=O) groups excluding carboxylic acids is 1. The summed E-state index contributed by atoms with van der Waals surface area (Å²) in [5, 5.41) is 0. The molecule has 0 saturated carbocycles. The second-order valence-corrected chi connectivity index (χ2v) is 9.33. The maximum Gasteiger partial charge on any atom is 0.222 e. The number of rotatable bonds is 6. The zero-order valence-electron chi connectivity index (χ0n) is 19.1. The maximum atomic E-state index is 12.8. The van der Waals surface area contributed by atoms with Crippen LogP contribution in [0.1, 0.15) is 42.4 Å². The number of piperidine rings is 1. The van der Waals surface area contributed by atoms with E-state index in [0.717, 1.165) is 51.5 Å². The van der Waals surface area contributed by atoms with Gasteiger partial charge < -0.3 is 9.80 Å². The van der Waals surface area contributed by atoms with Crippen LogP contribution in [0.2, 0.25) is 0 Å². The molecule has 0 spiro atoms. The first kappa shape index (κ1) is 21.8. The first-order valence-electron chi connectivity index (χ1n) is 11.8. The highest BCUT2D eigenvalue weighted by Gasteiger charge is 2.24. The van der Waals surface area contributed by atoms with Crippen molar-refractivity contribution in [3.8, 4) is 0 Å². The summed E-state index contributed by atoms with van der Waals surface area (Å²) in [6, 6.07) is 12.9. The Labute approximate surface area is 187 Å². The monoisotopic (exact) mass is 420 g/mol. The van der Waals surface area contributed by atoms with Crippen LogP contribution in [0.5, 0.6) is 0 Å². The number of hydrogen-bond acceptors (Lipinski definition) is 4. The number of amides is 1. The molecule has 166 valence electrons. The summed E-state index contributed by atoms with van der Waals surface area (Å²) in [6.07, 6.45) is 6.03. The molecule has 3 heterocycles. The number of hydrogen-bond donors (Lipinski definition) is 0. The van der Waals surface area contributed by atoms with Gasteiger partial charge in [-0.15, -0.1) is 0 Å². The molecule has 1 aromatic heterocycles. The van der Waals surface area contributed by atoms with Gasteiger partial charge in [0.05, 0.1) is 0 Å². The molecule has 2 aliphatic rings. The van der Waals surface area contributed by atoms with Gasteiger partial charge in [-0.3, -0.25) is 9.69 Å². The van der Waals surface area contributed by atoms with Crippen molar-refractivity contribution in [1.82, 2.24) is 14.8 Å². The van der Waals surface area contributed by atoms with Crippen LogP contribution in [0, 0.1) is 19.8 Å². The third-order valence-corrected chi connectivity index (χ3v) is 6.66. The van der Waals surface area contributed by atoms with Crippen LogP contribution in [0.3, 0.4) is 0 Å². The molecule has 2 saturated heterocycles. The summed E-state index contributed by atoms with van der Waals surface area (Å²) in [4.78, 5) is 24.2. The van der Waals surface area contributed by atoms with Gasteiger partial charge >= 0.3 is 0 Å². The SMILES string of the molecule is Cc1cc(C)cc(CN2CCCC(CCC(=O)N3CCN(c4ccccn4)CC3)C2)c1. The number of aryl methyl sites for hydroxylation is 2. The normalized spacial score (nSPS) is 20.1. The average molecular weight is 421 g/mol. The summed E-state index contributed by atoms with van der Waals surface area (Å²) < 4.78 is 0. The minimum Gasteiger partial charge on any atom is -0.353 e. The maximum absolute atomic E-state index is 12.8. The van der Waals surface area contributed by atoms with Crippen LogP contribution in [0.25, 0.3) is 0 Å². The lowest BCUT2D eigenvalue weighted by atomic mass is 9.92. The van der Waals surface area contributed by atoms with Crippen molar-refractivity contribution in [3.05, 3.63) is 59.3 Å². The van der Waals surface area contributed by atoms with Crippen LogP contribution >= 0.6 is 0 Å². The molecule has 0 N–H and O–H groups in total. The van der Waals surface area contributed by atoms with Crippen LogP contribution in [-0.2, 0) is 11.3 Å². The molecule has 0 bridgehead atoms. The molecule has 2 fully saturated rings. The second kappa shape index (κ2) is 10.3. The van der Waals surface area contributed by atoms with E-state index < -0.39 is 0 Å². The van der Waals surface area contributed by atoms with E-state index >= 15 is 0 Å². The standard InChI is InChI=1S/C26H36N4O/c1-21-16-22(2)18-24(17-21)20-28-11-5-6-23(19-28)8-9-26(31)30-14-12-29(13-15-30)25-7-3-4-10-27-25/h3-4,7,10,16-18,23H,5-6,8-9,11-15,19-20H2,1-2H3. The van der Waals surface area contributed by atoms with Crippen molar-refractivity contribution in [3.63, 3.8) is 0 Å². The molecule has 5 nitrogen and oxygen atoms in total. The van der Waals surface area contributed by atoms with Gasteiger partial charge in [0.2, 0.25) is 5.91 Å². The Bertz CT molecular complexity index is 841. The predicted molar refractivity (Wildman–Crippen MR) is 126 cm³/mol. The molecule has 0 radical (unpaired) electrons. The zero-order valence-corrected chi connectivity index (χ0v) is 19.1. The fourth-order valence-electron chi connectivity index (χ4n) is 5.16. The molecule has 31 heavy (non-hydrogen) atoms. The topological polar surface area (TPSA) is 39.7 Å². The van der Waals surface area contributed by atoms with E-state index in [2.05, 4.69) is 51.7 Å². The van der Waals surface area contributed by atoms with E-state index in [1.807, 2.05) is 24.4 Å². The summed E-state index contributed by atoms with van der Waals surface area (Å²) >= 11 is 0. The number of anilines is 1. The molecule has 1 aromatic carbocycles. The molecule has 1 atom stereocenters. The molecule has 0 aliphatic carbocycles. The van der Waals surface area contributed by atoms with Gasteiger partial charge in [-0.1, -0.05) is 35.4 Å². The summed E-state index contributed by atoms with van der Waals surface area (Å²) in [5.74, 6) is 1.98. The van der Waals surface area contributed by atoms with Crippen LogP contribution in [0.15, 0.2) is 42.6 Å². The molecule has 1 unspecified atom stereocenters. The first-order chi connectivity index (χ1) is 15.1. The van der Waals surface area contributed by atoms with Gasteiger partial charge in [0.25, 0.3) is 0 Å². The highest BCUT2D eigenvalue weighted by atomic mass is 16.2. The summed E-state index contributed by atoms with van der Waals surface area (Å²) in [5.41, 5.74) is 4.11. The number of pyridine rings is 1. The Hall–Kier alpha value is -2.40. The van der Waals surface area contributed by atoms with Crippen molar-refractivity contribution in [2.45, 2.75) is 46.1 Å². The smallest absolute Gasteiger partial charge is 0.222 e. The fourth-order valence-corrected chi connectivity index (χ4v) is 5.16. The van der Waals surface area contributed by atoms with Crippen molar-refractivity contribution in [2.75, 3.05) is 44.2 Å². The minimum absolute atomic E-state index is 0.326. The van der Waals surface area contributed by atoms with Gasteiger partial charge in [-0.2, -0.15) is 0 Å². The quantitative estimate of drug-likeness (QED) is 0.707. The Balaban J connectivity index is 1.21. The lowest BCUT2D eigenvalue weighted by Gasteiger charge is -2.36. The molecule has 2 aromatic rings. The summed E-state index contributed by atoms with van der Waals surface area (Å²) in [6.45, 7) is 11.0. The number of piperazine rings is 1. The Morgan fingerprint density at radius 1 is 1.03 bits per heavy atom. The van der Waals surface area contributed by atoms with Gasteiger partial charge in [0, 0.05) is 51.9 Å². The zero-order chi connectivity index (χ0) is 21.6. The Kier molecular flexibility index (Phi) is 7.23. The molecule has 2 aliphatic heterocycles. The molecular formula is C26H36N4O. The van der Waals surface area contributed by atoms with Crippen LogP contribution in [-0.4, -0.2) is 60.0 Å². The van der Waals surface area contributed by atoms with Crippen molar-refractivity contribution in [1.29, 1.82) is 0 Å². The average Bonchev–Trinajstić information content (AvgIpc) is 2.78. The van der Waals surface area contributed by atoms with E-state index in [1.165, 1.54) is 36.1 Å². The minimum atomic E-state index is 0.326. The number of aromatic nitrogens is 1. The van der Waals surface area contributed by atoms with Crippen molar-refractivity contribution < 1.29 is 4.79 Å². The predicted octanol–water partition coefficient (Wildman–Crippen LogP) is 4.04. The van der Waals surface area contributed by atoms with Gasteiger partial charge in [0.1, 0.15) is 5.82 Å². The van der Waals surface area contributed by atoms with Crippen LogP contribution < -0.4 is 4.90 Å². The first-order valence-corrected chi connectivity index (χ1v) is 11.8. The number of likely N-dealkylation sites (tertiary alicyclic amines) is 1. The number of benzene rings is 1. The molecular weight excluding hydrogens is 384 g/mol. The Morgan fingerprint density at radius 3 is 2.52 bits per heavy atom. The molecule has 4 rings (SSSR count). The van der Waals surface area contributed by atoms with E-state index in [4.69, 9.17) is 0 Å². The highest BCUT2D eigenvalue weighted by molar-refractivity contribution is 5.76. The third-order valence-electron chi connectivity index (χ3n) is 6.66. The third kappa shape index (κ3) is 6.07. The summed E-state index contributed by atoms with van der Waals surface area (Å²) in [7, 11) is 0.